The molecular weight excluding hydrogens is 457 g/mol. The molecule has 0 radical (unpaired) electrons. The first kappa shape index (κ1) is 36.3. The summed E-state index contributed by atoms with van der Waals surface area (Å²) in [5.41, 5.74) is 10.6. The van der Waals surface area contributed by atoms with Crippen LogP contribution in [0.15, 0.2) is 0 Å². The van der Waals surface area contributed by atoms with E-state index in [0.717, 1.165) is 45.2 Å². The number of amides is 2. The molecule has 0 saturated heterocycles. The van der Waals surface area contributed by atoms with Crippen molar-refractivity contribution in [3.8, 4) is 0 Å². The van der Waals surface area contributed by atoms with E-state index in [4.69, 9.17) is 21.6 Å². The van der Waals surface area contributed by atoms with Gasteiger partial charge in [0.15, 0.2) is 5.96 Å². The lowest BCUT2D eigenvalue weighted by Crippen LogP contribution is -2.48. The topological polar surface area (TPSA) is 167 Å². The highest BCUT2D eigenvalue weighted by Gasteiger charge is 2.19. The van der Waals surface area contributed by atoms with Gasteiger partial charge in [0.05, 0.1) is 0 Å². The van der Waals surface area contributed by atoms with E-state index >= 15 is 0 Å². The molecule has 0 aromatic heterocycles. The van der Waals surface area contributed by atoms with Gasteiger partial charge < -0.3 is 37.5 Å². The van der Waals surface area contributed by atoms with Gasteiger partial charge in [0.25, 0.3) is 5.91 Å². The van der Waals surface area contributed by atoms with Crippen LogP contribution in [0.5, 0.6) is 0 Å². The minimum Gasteiger partial charge on any atom is -0.370 e. The van der Waals surface area contributed by atoms with Gasteiger partial charge in [-0.05, 0) is 51.7 Å². The van der Waals surface area contributed by atoms with Crippen LogP contribution in [0.2, 0.25) is 0 Å². The maximum absolute atomic E-state index is 12.0. The predicted molar refractivity (Wildman–Crippen MR) is 128 cm³/mol. The molecule has 0 saturated carbocycles. The molecule has 9 N–H and O–H groups in total. The molecule has 0 bridgehead atoms. The van der Waals surface area contributed by atoms with Crippen molar-refractivity contribution in [3.63, 3.8) is 0 Å². The molecule has 0 fully saturated rings. The second-order valence-electron chi connectivity index (χ2n) is 6.22. The maximum Gasteiger partial charge on any atom is 0.270 e. The minimum atomic E-state index is -0.973. The number of ether oxygens (including phenoxy) is 1. The van der Waals surface area contributed by atoms with Crippen LogP contribution in [0.1, 0.15) is 44.9 Å². The zero-order chi connectivity index (χ0) is 20.3. The van der Waals surface area contributed by atoms with E-state index < -0.39 is 6.23 Å². The van der Waals surface area contributed by atoms with Gasteiger partial charge >= 0.3 is 0 Å². The van der Waals surface area contributed by atoms with E-state index in [2.05, 4.69) is 21.3 Å². The van der Waals surface area contributed by atoms with Gasteiger partial charge in [0.1, 0.15) is 0 Å². The fraction of sp³-hybridized carbons (Fsp3) is 0.824. The van der Waals surface area contributed by atoms with Crippen molar-refractivity contribution < 1.29 is 14.3 Å². The summed E-state index contributed by atoms with van der Waals surface area (Å²) in [7, 11) is 1.39. The third-order valence-corrected chi connectivity index (χ3v) is 3.80. The molecule has 0 aliphatic heterocycles. The SMILES string of the molecule is COC(NC(=O)CCCCCNC(=N)N)C(=O)NCCCCNCCCN.Cl.Cl.Cl. The maximum atomic E-state index is 12.0. The summed E-state index contributed by atoms with van der Waals surface area (Å²) in [6, 6.07) is 0. The summed E-state index contributed by atoms with van der Waals surface area (Å²) in [5, 5.41) is 18.4. The Kier molecular flexibility index (Phi) is 31.5. The molecule has 0 aliphatic carbocycles. The Labute approximate surface area is 198 Å². The number of unbranched alkanes of at least 4 members (excludes halogenated alkanes) is 3. The number of guanidine groups is 1. The first-order valence-corrected chi connectivity index (χ1v) is 9.59. The molecule has 30 heavy (non-hydrogen) atoms. The molecule has 10 nitrogen and oxygen atoms in total. The van der Waals surface area contributed by atoms with E-state index in [9.17, 15) is 9.59 Å². The van der Waals surface area contributed by atoms with Crippen molar-refractivity contribution in [1.29, 1.82) is 5.41 Å². The van der Waals surface area contributed by atoms with Gasteiger partial charge in [-0.15, -0.1) is 37.2 Å². The number of carbonyl (C=O) groups excluding carboxylic acids is 2. The van der Waals surface area contributed by atoms with Crippen LogP contribution in [0.3, 0.4) is 0 Å². The van der Waals surface area contributed by atoms with Crippen molar-refractivity contribution in [2.24, 2.45) is 11.5 Å². The molecule has 0 aromatic carbocycles. The lowest BCUT2D eigenvalue weighted by molar-refractivity contribution is -0.139. The number of methoxy groups -OCH3 is 1. The lowest BCUT2D eigenvalue weighted by atomic mass is 10.2. The van der Waals surface area contributed by atoms with Crippen LogP contribution >= 0.6 is 37.2 Å². The largest absolute Gasteiger partial charge is 0.370 e. The smallest absolute Gasteiger partial charge is 0.270 e. The van der Waals surface area contributed by atoms with Gasteiger partial charge in [0, 0.05) is 26.6 Å². The summed E-state index contributed by atoms with van der Waals surface area (Å²) in [6.07, 6.45) is 4.45. The molecule has 0 spiro atoms. The molecule has 2 amide bonds. The molecule has 13 heteroatoms. The molecule has 1 atom stereocenters. The molecule has 182 valence electrons. The molecule has 0 aromatic rings. The van der Waals surface area contributed by atoms with Gasteiger partial charge in [-0.25, -0.2) is 0 Å². The Morgan fingerprint density at radius 3 is 2.07 bits per heavy atom. The van der Waals surface area contributed by atoms with Crippen LogP contribution in [-0.2, 0) is 14.3 Å². The van der Waals surface area contributed by atoms with E-state index in [0.29, 0.717) is 32.5 Å². The van der Waals surface area contributed by atoms with Crippen LogP contribution in [0, 0.1) is 5.41 Å². The van der Waals surface area contributed by atoms with Crippen LogP contribution in [-0.4, -0.2) is 63.8 Å². The fourth-order valence-corrected chi connectivity index (χ4v) is 2.29. The highest BCUT2D eigenvalue weighted by molar-refractivity contribution is 5.86. The quantitative estimate of drug-likeness (QED) is 0.0654. The van der Waals surface area contributed by atoms with Crippen molar-refractivity contribution in [3.05, 3.63) is 0 Å². The Bertz CT molecular complexity index is 435. The van der Waals surface area contributed by atoms with Gasteiger partial charge in [-0.3, -0.25) is 15.0 Å². The average molecular weight is 497 g/mol. The second kappa shape index (κ2) is 26.0. The Balaban J connectivity index is -0.00000113. The molecule has 0 rings (SSSR count). The summed E-state index contributed by atoms with van der Waals surface area (Å²) in [4.78, 5) is 23.9. The number of hydrogen-bond donors (Lipinski definition) is 7. The van der Waals surface area contributed by atoms with Crippen molar-refractivity contribution in [2.45, 2.75) is 51.2 Å². The molecular formula is C17H40Cl3N7O3. The highest BCUT2D eigenvalue weighted by atomic mass is 35.5. The van der Waals surface area contributed by atoms with Gasteiger partial charge in [0.2, 0.25) is 12.1 Å². The highest BCUT2D eigenvalue weighted by Crippen LogP contribution is 2.00. The van der Waals surface area contributed by atoms with Crippen LogP contribution < -0.4 is 32.7 Å². The van der Waals surface area contributed by atoms with Crippen LogP contribution in [0.4, 0.5) is 0 Å². The summed E-state index contributed by atoms with van der Waals surface area (Å²) < 4.78 is 5.06. The third-order valence-electron chi connectivity index (χ3n) is 3.80. The first-order valence-electron chi connectivity index (χ1n) is 9.59. The number of nitrogens with one attached hydrogen (secondary N) is 5. The Morgan fingerprint density at radius 2 is 1.47 bits per heavy atom. The summed E-state index contributed by atoms with van der Waals surface area (Å²) >= 11 is 0. The van der Waals surface area contributed by atoms with Gasteiger partial charge in [-0.2, -0.15) is 0 Å². The molecule has 0 aliphatic rings. The van der Waals surface area contributed by atoms with Crippen molar-refractivity contribution in [1.82, 2.24) is 21.3 Å². The van der Waals surface area contributed by atoms with E-state index in [-0.39, 0.29) is 55.0 Å². The number of carbonyl (C=O) groups is 2. The Morgan fingerprint density at radius 1 is 0.900 bits per heavy atom. The summed E-state index contributed by atoms with van der Waals surface area (Å²) in [5.74, 6) is -0.613. The molecule has 1 unspecified atom stereocenters. The zero-order valence-electron chi connectivity index (χ0n) is 17.7. The van der Waals surface area contributed by atoms with E-state index in [1.54, 1.807) is 0 Å². The molecule has 0 heterocycles. The number of nitrogens with two attached hydrogens (primary N) is 2. The number of halogens is 3. The predicted octanol–water partition coefficient (Wildman–Crippen LogP) is 0.219. The number of hydrogen-bond acceptors (Lipinski definition) is 6. The Hall–Kier alpha value is -1.04. The second-order valence-corrected chi connectivity index (χ2v) is 6.22. The first-order chi connectivity index (χ1) is 13.0. The van der Waals surface area contributed by atoms with Gasteiger partial charge in [-0.1, -0.05) is 6.42 Å². The zero-order valence-corrected chi connectivity index (χ0v) is 20.1. The number of rotatable bonds is 17. The monoisotopic (exact) mass is 495 g/mol. The van der Waals surface area contributed by atoms with E-state index in [1.807, 2.05) is 0 Å². The summed E-state index contributed by atoms with van der Waals surface area (Å²) in [6.45, 7) is 3.64. The van der Waals surface area contributed by atoms with E-state index in [1.165, 1.54) is 7.11 Å². The van der Waals surface area contributed by atoms with Crippen LogP contribution in [0.25, 0.3) is 0 Å². The van der Waals surface area contributed by atoms with Crippen molar-refractivity contribution in [2.75, 3.05) is 39.8 Å². The minimum absolute atomic E-state index is 0. The standard InChI is InChI=1S/C17H37N7O3.3ClH/c1-27-16(15(26)22-12-6-5-10-21-11-7-9-18)24-14(25)8-3-2-4-13-23-17(19)20;;;/h16,21H,2-13,18H2,1H3,(H,22,26)(H,24,25)(H4,19,20,23);3*1H. The fourth-order valence-electron chi connectivity index (χ4n) is 2.29. The third kappa shape index (κ3) is 23.2. The average Bonchev–Trinajstić information content (AvgIpc) is 2.64. The van der Waals surface area contributed by atoms with Crippen molar-refractivity contribution >= 4 is 55.0 Å². The lowest BCUT2D eigenvalue weighted by Gasteiger charge is -2.17. The normalized spacial score (nSPS) is 10.5.